The van der Waals surface area contributed by atoms with Crippen LogP contribution in [-0.4, -0.2) is 32.2 Å². The number of H-pyrrole nitrogens is 1. The van der Waals surface area contributed by atoms with Crippen LogP contribution in [0, 0.1) is 0 Å². The smallest absolute Gasteiger partial charge is 0.387 e. The highest BCUT2D eigenvalue weighted by atomic mass is 35.5. The van der Waals surface area contributed by atoms with Gasteiger partial charge in [-0.15, -0.1) is 10.2 Å². The number of halogens is 3. The van der Waals surface area contributed by atoms with Crippen LogP contribution in [0.5, 0.6) is 5.75 Å². The molecule has 0 saturated heterocycles. The van der Waals surface area contributed by atoms with Gasteiger partial charge in [-0.1, -0.05) is 35.9 Å². The Balaban J connectivity index is 1.63. The number of pyridine rings is 1. The number of hydrogen-bond donors (Lipinski definition) is 1. The van der Waals surface area contributed by atoms with E-state index in [9.17, 15) is 8.78 Å². The molecule has 9 heteroatoms. The predicted octanol–water partition coefficient (Wildman–Crippen LogP) is 4.77. The lowest BCUT2D eigenvalue weighted by Crippen LogP contribution is -2.04. The molecule has 4 aromatic rings. The van der Waals surface area contributed by atoms with E-state index in [1.165, 1.54) is 0 Å². The standard InChI is InChI=1S/C20H14ClF2N5O/c21-15-3-1-2-14(10-15)16-9-12(5-7-18(16)29-20(22)23)8-13-4-6-17(24-11-13)19-25-27-28-26-19/h1-7,9-11,20H,8H2,(H,25,26,27,28). The third-order valence-corrected chi connectivity index (χ3v) is 4.44. The lowest BCUT2D eigenvalue weighted by Gasteiger charge is -2.13. The molecule has 0 saturated carbocycles. The quantitative estimate of drug-likeness (QED) is 0.492. The first-order valence-corrected chi connectivity index (χ1v) is 8.99. The average molecular weight is 414 g/mol. The van der Waals surface area contributed by atoms with Crippen molar-refractivity contribution in [1.82, 2.24) is 25.6 Å². The number of tetrazole rings is 1. The molecule has 4 rings (SSSR count). The first-order valence-electron chi connectivity index (χ1n) is 8.61. The van der Waals surface area contributed by atoms with Crippen LogP contribution in [0.15, 0.2) is 60.8 Å². The minimum Gasteiger partial charge on any atom is -0.434 e. The number of alkyl halides is 2. The van der Waals surface area contributed by atoms with Crippen LogP contribution < -0.4 is 4.74 Å². The molecule has 2 aromatic heterocycles. The Morgan fingerprint density at radius 3 is 2.59 bits per heavy atom. The molecule has 2 aromatic carbocycles. The summed E-state index contributed by atoms with van der Waals surface area (Å²) in [5.41, 5.74) is 3.69. The Hall–Kier alpha value is -3.39. The van der Waals surface area contributed by atoms with E-state index in [0.29, 0.717) is 34.1 Å². The molecular formula is C20H14ClF2N5O. The summed E-state index contributed by atoms with van der Waals surface area (Å²) in [6.07, 6.45) is 2.27. The fourth-order valence-electron chi connectivity index (χ4n) is 2.93. The summed E-state index contributed by atoms with van der Waals surface area (Å²) < 4.78 is 30.3. The second-order valence-corrected chi connectivity index (χ2v) is 6.62. The van der Waals surface area contributed by atoms with Crippen molar-refractivity contribution < 1.29 is 13.5 Å². The third kappa shape index (κ3) is 4.55. The Morgan fingerprint density at radius 1 is 1.03 bits per heavy atom. The number of hydrogen-bond acceptors (Lipinski definition) is 5. The summed E-state index contributed by atoms with van der Waals surface area (Å²) in [5, 5.41) is 14.2. The zero-order valence-electron chi connectivity index (χ0n) is 14.9. The highest BCUT2D eigenvalue weighted by Crippen LogP contribution is 2.34. The predicted molar refractivity (Wildman–Crippen MR) is 104 cm³/mol. The van der Waals surface area contributed by atoms with E-state index >= 15 is 0 Å². The summed E-state index contributed by atoms with van der Waals surface area (Å²) >= 11 is 6.07. The van der Waals surface area contributed by atoms with Crippen molar-refractivity contribution in [2.75, 3.05) is 0 Å². The Morgan fingerprint density at radius 2 is 1.90 bits per heavy atom. The monoisotopic (exact) mass is 413 g/mol. The largest absolute Gasteiger partial charge is 0.434 e. The first kappa shape index (κ1) is 18.9. The first-order chi connectivity index (χ1) is 14.1. The molecule has 0 aliphatic carbocycles. The maximum absolute atomic E-state index is 12.8. The van der Waals surface area contributed by atoms with Gasteiger partial charge in [-0.05, 0) is 58.7 Å². The van der Waals surface area contributed by atoms with Gasteiger partial charge in [-0.2, -0.15) is 14.0 Å². The zero-order chi connectivity index (χ0) is 20.2. The average Bonchev–Trinajstić information content (AvgIpc) is 3.24. The highest BCUT2D eigenvalue weighted by Gasteiger charge is 2.13. The summed E-state index contributed by atoms with van der Waals surface area (Å²) in [6, 6.07) is 15.8. The molecule has 0 aliphatic rings. The summed E-state index contributed by atoms with van der Waals surface area (Å²) in [6.45, 7) is -2.92. The fourth-order valence-corrected chi connectivity index (χ4v) is 3.13. The van der Waals surface area contributed by atoms with E-state index in [0.717, 1.165) is 11.1 Å². The Kier molecular flexibility index (Phi) is 5.44. The molecule has 0 bridgehead atoms. The van der Waals surface area contributed by atoms with Gasteiger partial charge in [0.25, 0.3) is 0 Å². The molecule has 0 atom stereocenters. The maximum atomic E-state index is 12.8. The number of rotatable bonds is 6. The van der Waals surface area contributed by atoms with Crippen LogP contribution in [0.4, 0.5) is 8.78 Å². The minimum atomic E-state index is -2.92. The molecule has 2 heterocycles. The van der Waals surface area contributed by atoms with Crippen molar-refractivity contribution in [3.63, 3.8) is 0 Å². The van der Waals surface area contributed by atoms with Crippen LogP contribution in [0.1, 0.15) is 11.1 Å². The Bertz CT molecular complexity index is 1100. The van der Waals surface area contributed by atoms with Crippen LogP contribution >= 0.6 is 11.6 Å². The van der Waals surface area contributed by atoms with Crippen molar-refractivity contribution in [2.45, 2.75) is 13.0 Å². The van der Waals surface area contributed by atoms with Gasteiger partial charge < -0.3 is 4.74 Å². The number of ether oxygens (including phenoxy) is 1. The number of aromatic nitrogens is 5. The molecule has 0 radical (unpaired) electrons. The van der Waals surface area contributed by atoms with Crippen LogP contribution in [0.3, 0.4) is 0 Å². The van der Waals surface area contributed by atoms with E-state index in [1.54, 1.807) is 48.7 Å². The molecule has 29 heavy (non-hydrogen) atoms. The van der Waals surface area contributed by atoms with Gasteiger partial charge in [0.05, 0.1) is 0 Å². The topological polar surface area (TPSA) is 76.6 Å². The third-order valence-electron chi connectivity index (χ3n) is 4.20. The Labute approximate surface area is 169 Å². The van der Waals surface area contributed by atoms with Crippen molar-refractivity contribution in [3.8, 4) is 28.4 Å². The normalized spacial score (nSPS) is 11.0. The molecular weight excluding hydrogens is 400 g/mol. The van der Waals surface area contributed by atoms with Gasteiger partial charge in [-0.25, -0.2) is 0 Å². The van der Waals surface area contributed by atoms with E-state index in [-0.39, 0.29) is 5.75 Å². The van der Waals surface area contributed by atoms with E-state index in [4.69, 9.17) is 16.3 Å². The van der Waals surface area contributed by atoms with Crippen molar-refractivity contribution in [1.29, 1.82) is 0 Å². The number of nitrogens with one attached hydrogen (secondary N) is 1. The summed E-state index contributed by atoms with van der Waals surface area (Å²) in [4.78, 5) is 4.34. The zero-order valence-corrected chi connectivity index (χ0v) is 15.6. The molecule has 146 valence electrons. The maximum Gasteiger partial charge on any atom is 0.387 e. The molecule has 6 nitrogen and oxygen atoms in total. The summed E-state index contributed by atoms with van der Waals surface area (Å²) in [7, 11) is 0. The molecule has 0 aliphatic heterocycles. The molecule has 0 fully saturated rings. The highest BCUT2D eigenvalue weighted by molar-refractivity contribution is 6.30. The van der Waals surface area contributed by atoms with Crippen LogP contribution in [-0.2, 0) is 6.42 Å². The second-order valence-electron chi connectivity index (χ2n) is 6.18. The van der Waals surface area contributed by atoms with Crippen molar-refractivity contribution >= 4 is 11.6 Å². The lowest BCUT2D eigenvalue weighted by molar-refractivity contribution is -0.0494. The molecule has 0 amide bonds. The van der Waals surface area contributed by atoms with Crippen LogP contribution in [0.25, 0.3) is 22.6 Å². The van der Waals surface area contributed by atoms with Gasteiger partial charge in [0.15, 0.2) is 0 Å². The minimum absolute atomic E-state index is 0.0941. The molecule has 1 N–H and O–H groups in total. The molecule has 0 unspecified atom stereocenters. The number of benzene rings is 2. The summed E-state index contributed by atoms with van der Waals surface area (Å²) in [5.74, 6) is 0.505. The van der Waals surface area contributed by atoms with Gasteiger partial charge in [0.2, 0.25) is 5.82 Å². The van der Waals surface area contributed by atoms with E-state index < -0.39 is 6.61 Å². The lowest BCUT2D eigenvalue weighted by atomic mass is 9.98. The van der Waals surface area contributed by atoms with E-state index in [2.05, 4.69) is 25.6 Å². The van der Waals surface area contributed by atoms with E-state index in [1.807, 2.05) is 12.1 Å². The van der Waals surface area contributed by atoms with Crippen molar-refractivity contribution in [3.05, 3.63) is 76.9 Å². The van der Waals surface area contributed by atoms with Crippen molar-refractivity contribution in [2.24, 2.45) is 0 Å². The van der Waals surface area contributed by atoms with Gasteiger partial charge in [0.1, 0.15) is 11.4 Å². The van der Waals surface area contributed by atoms with Gasteiger partial charge in [-0.3, -0.25) is 4.98 Å². The van der Waals surface area contributed by atoms with Gasteiger partial charge >= 0.3 is 6.61 Å². The fraction of sp³-hybridized carbons (Fsp3) is 0.100. The number of nitrogens with zero attached hydrogens (tertiary/aromatic N) is 4. The second kappa shape index (κ2) is 8.32. The number of aromatic amines is 1. The van der Waals surface area contributed by atoms with Crippen LogP contribution in [0.2, 0.25) is 5.02 Å². The molecule has 0 spiro atoms. The SMILES string of the molecule is FC(F)Oc1ccc(Cc2ccc(-c3nn[nH]n3)nc2)cc1-c1cccc(Cl)c1. The van der Waals surface area contributed by atoms with Gasteiger partial charge in [0, 0.05) is 16.8 Å².